The van der Waals surface area contributed by atoms with Crippen LogP contribution in [0.15, 0.2) is 22.7 Å². The summed E-state index contributed by atoms with van der Waals surface area (Å²) in [7, 11) is 0. The summed E-state index contributed by atoms with van der Waals surface area (Å²) < 4.78 is 0.694. The van der Waals surface area contributed by atoms with Crippen molar-refractivity contribution in [1.82, 2.24) is 5.32 Å². The highest BCUT2D eigenvalue weighted by Gasteiger charge is 2.33. The molecule has 3 nitrogen and oxygen atoms in total. The van der Waals surface area contributed by atoms with Crippen molar-refractivity contribution in [2.75, 3.05) is 6.54 Å². The van der Waals surface area contributed by atoms with Gasteiger partial charge in [0.25, 0.3) is 5.91 Å². The van der Waals surface area contributed by atoms with Crippen LogP contribution in [0.5, 0.6) is 0 Å². The zero-order valence-electron chi connectivity index (χ0n) is 12.2. The minimum Gasteiger partial charge on any atom is -0.388 e. The lowest BCUT2D eigenvalue weighted by Crippen LogP contribution is -2.45. The lowest BCUT2D eigenvalue weighted by molar-refractivity contribution is -0.00786. The van der Waals surface area contributed by atoms with Gasteiger partial charge in [-0.05, 0) is 59.7 Å². The third kappa shape index (κ3) is 4.21. The maximum absolute atomic E-state index is 12.2. The molecule has 1 fully saturated rings. The largest absolute Gasteiger partial charge is 0.388 e. The Balaban J connectivity index is 1.94. The minimum atomic E-state index is -0.778. The summed E-state index contributed by atoms with van der Waals surface area (Å²) in [6.45, 7) is 2.47. The molecule has 0 heterocycles. The molecule has 0 saturated heterocycles. The third-order valence-electron chi connectivity index (χ3n) is 4.39. The van der Waals surface area contributed by atoms with E-state index in [2.05, 4.69) is 28.2 Å². The molecule has 21 heavy (non-hydrogen) atoms. The molecule has 0 atom stereocenters. The smallest absolute Gasteiger partial charge is 0.252 e. The Morgan fingerprint density at radius 1 is 1.48 bits per heavy atom. The monoisotopic (exact) mass is 373 g/mol. The van der Waals surface area contributed by atoms with Crippen LogP contribution in [0.3, 0.4) is 0 Å². The van der Waals surface area contributed by atoms with Crippen molar-refractivity contribution in [2.45, 2.75) is 44.6 Å². The van der Waals surface area contributed by atoms with Gasteiger partial charge in [0, 0.05) is 11.0 Å². The first kappa shape index (κ1) is 16.8. The van der Waals surface area contributed by atoms with Crippen molar-refractivity contribution < 1.29 is 9.90 Å². The fourth-order valence-corrected chi connectivity index (χ4v) is 3.40. The second kappa shape index (κ2) is 7.12. The number of carbonyl (C=O) groups is 1. The fraction of sp³-hybridized carbons (Fsp3) is 0.562. The second-order valence-corrected chi connectivity index (χ2v) is 7.09. The number of hydrogen-bond acceptors (Lipinski definition) is 2. The molecule has 1 aromatic carbocycles. The Kier molecular flexibility index (Phi) is 5.69. The Hall–Kier alpha value is -0.580. The molecule has 2 rings (SSSR count). The number of benzene rings is 1. The molecule has 0 aromatic heterocycles. The van der Waals surface area contributed by atoms with Crippen LogP contribution < -0.4 is 5.32 Å². The highest BCUT2D eigenvalue weighted by Crippen LogP contribution is 2.33. The molecule has 116 valence electrons. The normalized spacial score (nSPS) is 25.6. The van der Waals surface area contributed by atoms with Crippen LogP contribution in [0.4, 0.5) is 0 Å². The van der Waals surface area contributed by atoms with Gasteiger partial charge < -0.3 is 10.4 Å². The van der Waals surface area contributed by atoms with Gasteiger partial charge >= 0.3 is 0 Å². The lowest BCUT2D eigenvalue weighted by atomic mass is 9.78. The molecule has 0 spiro atoms. The summed E-state index contributed by atoms with van der Waals surface area (Å²) in [5.74, 6) is 0.466. The predicted molar refractivity (Wildman–Crippen MR) is 88.7 cm³/mol. The molecular weight excluding hydrogens is 354 g/mol. The fourth-order valence-electron chi connectivity index (χ4n) is 2.82. The molecule has 0 radical (unpaired) electrons. The average Bonchev–Trinajstić information content (AvgIpc) is 2.49. The summed E-state index contributed by atoms with van der Waals surface area (Å²) in [5.41, 5.74) is -0.350. The standard InChI is InChI=1S/C16H21BrClNO2/c1-2-11-6-8-16(21,9-7-11)10-19-15(20)12-4-3-5-13(17)14(12)18/h3-5,11,21H,2,6-10H2,1H3,(H,19,20). The Morgan fingerprint density at radius 2 is 2.14 bits per heavy atom. The summed E-state index contributed by atoms with van der Waals surface area (Å²) in [6.07, 6.45) is 4.72. The van der Waals surface area contributed by atoms with Crippen molar-refractivity contribution in [3.05, 3.63) is 33.3 Å². The molecule has 0 aliphatic heterocycles. The van der Waals surface area contributed by atoms with E-state index in [1.54, 1.807) is 18.2 Å². The van der Waals surface area contributed by atoms with Gasteiger partial charge in [0.15, 0.2) is 0 Å². The first-order valence-corrected chi connectivity index (χ1v) is 8.57. The van der Waals surface area contributed by atoms with E-state index < -0.39 is 5.60 Å². The molecular formula is C16H21BrClNO2. The van der Waals surface area contributed by atoms with Gasteiger partial charge in [0.2, 0.25) is 0 Å². The second-order valence-electron chi connectivity index (χ2n) is 5.86. The highest BCUT2D eigenvalue weighted by atomic mass is 79.9. The first-order chi connectivity index (χ1) is 9.95. The van der Waals surface area contributed by atoms with Gasteiger partial charge in [-0.15, -0.1) is 0 Å². The van der Waals surface area contributed by atoms with Crippen LogP contribution >= 0.6 is 27.5 Å². The average molecular weight is 375 g/mol. The van der Waals surface area contributed by atoms with Gasteiger partial charge in [-0.25, -0.2) is 0 Å². The van der Waals surface area contributed by atoms with Crippen molar-refractivity contribution in [1.29, 1.82) is 0 Å². The topological polar surface area (TPSA) is 49.3 Å². The maximum atomic E-state index is 12.2. The van der Waals surface area contributed by atoms with Crippen molar-refractivity contribution in [3.8, 4) is 0 Å². The number of hydrogen-bond donors (Lipinski definition) is 2. The molecule has 1 aromatic rings. The third-order valence-corrected chi connectivity index (χ3v) is 5.68. The van der Waals surface area contributed by atoms with E-state index in [9.17, 15) is 9.90 Å². The number of amides is 1. The van der Waals surface area contributed by atoms with E-state index in [0.29, 0.717) is 21.0 Å². The van der Waals surface area contributed by atoms with E-state index in [1.165, 1.54) is 0 Å². The molecule has 5 heteroatoms. The van der Waals surface area contributed by atoms with Gasteiger partial charge in [-0.3, -0.25) is 4.79 Å². The van der Waals surface area contributed by atoms with Gasteiger partial charge in [-0.1, -0.05) is 31.0 Å². The number of rotatable bonds is 4. The van der Waals surface area contributed by atoms with Crippen molar-refractivity contribution >= 4 is 33.4 Å². The molecule has 1 aliphatic carbocycles. The quantitative estimate of drug-likeness (QED) is 0.831. The molecule has 0 unspecified atom stereocenters. The highest BCUT2D eigenvalue weighted by molar-refractivity contribution is 9.10. The Morgan fingerprint density at radius 3 is 2.76 bits per heavy atom. The van der Waals surface area contributed by atoms with Crippen molar-refractivity contribution in [3.63, 3.8) is 0 Å². The zero-order chi connectivity index (χ0) is 15.5. The van der Waals surface area contributed by atoms with Crippen LogP contribution in [0.2, 0.25) is 5.02 Å². The van der Waals surface area contributed by atoms with E-state index in [4.69, 9.17) is 11.6 Å². The molecule has 2 N–H and O–H groups in total. The first-order valence-electron chi connectivity index (χ1n) is 7.40. The Bertz CT molecular complexity index is 513. The predicted octanol–water partition coefficient (Wildman–Crippen LogP) is 4.16. The minimum absolute atomic E-state index is 0.243. The van der Waals surface area contributed by atoms with Crippen molar-refractivity contribution in [2.24, 2.45) is 5.92 Å². The van der Waals surface area contributed by atoms with Crippen LogP contribution in [0.1, 0.15) is 49.4 Å². The van der Waals surface area contributed by atoms with Crippen LogP contribution in [-0.4, -0.2) is 23.2 Å². The molecule has 1 saturated carbocycles. The Labute approximate surface area is 139 Å². The summed E-state index contributed by atoms with van der Waals surface area (Å²) >= 11 is 9.42. The maximum Gasteiger partial charge on any atom is 0.252 e. The lowest BCUT2D eigenvalue weighted by Gasteiger charge is -2.35. The van der Waals surface area contributed by atoms with E-state index >= 15 is 0 Å². The van der Waals surface area contributed by atoms with E-state index in [-0.39, 0.29) is 12.5 Å². The number of nitrogens with one attached hydrogen (secondary N) is 1. The molecule has 1 aliphatic rings. The van der Waals surface area contributed by atoms with Crippen LogP contribution in [0, 0.1) is 5.92 Å². The van der Waals surface area contributed by atoms with Crippen LogP contribution in [-0.2, 0) is 0 Å². The van der Waals surface area contributed by atoms with Gasteiger partial charge in [0.1, 0.15) is 0 Å². The SMILES string of the molecule is CCC1CCC(O)(CNC(=O)c2cccc(Br)c2Cl)CC1. The van der Waals surface area contributed by atoms with E-state index in [1.807, 2.05) is 0 Å². The van der Waals surface area contributed by atoms with Crippen LogP contribution in [0.25, 0.3) is 0 Å². The van der Waals surface area contributed by atoms with E-state index in [0.717, 1.165) is 32.1 Å². The van der Waals surface area contributed by atoms with Gasteiger partial charge in [-0.2, -0.15) is 0 Å². The summed E-state index contributed by atoms with van der Waals surface area (Å²) in [5, 5.41) is 13.8. The summed E-state index contributed by atoms with van der Waals surface area (Å²) in [6, 6.07) is 5.24. The molecule has 1 amide bonds. The molecule has 0 bridgehead atoms. The van der Waals surface area contributed by atoms with Gasteiger partial charge in [0.05, 0.1) is 16.2 Å². The summed E-state index contributed by atoms with van der Waals surface area (Å²) in [4.78, 5) is 12.2. The zero-order valence-corrected chi connectivity index (χ0v) is 14.5. The number of aliphatic hydroxyl groups is 1. The number of carbonyl (C=O) groups excluding carboxylic acids is 1. The number of halogens is 2.